The molecule has 0 radical (unpaired) electrons. The van der Waals surface area contributed by atoms with Gasteiger partial charge < -0.3 is 15.6 Å². The predicted molar refractivity (Wildman–Crippen MR) is 94.7 cm³/mol. The summed E-state index contributed by atoms with van der Waals surface area (Å²) in [7, 11) is 1.84. The molecule has 2 atom stereocenters. The summed E-state index contributed by atoms with van der Waals surface area (Å²) in [5.74, 6) is 0.245. The molecule has 0 bridgehead atoms. The number of fused-ring (bicyclic) bond motifs is 1. The third kappa shape index (κ3) is 5.06. The number of aromatic nitrogens is 2. The van der Waals surface area contributed by atoms with Crippen LogP contribution in [-0.2, 0) is 18.3 Å². The van der Waals surface area contributed by atoms with Gasteiger partial charge in [-0.2, -0.15) is 0 Å². The molecular weight excluding hydrogens is 342 g/mol. The van der Waals surface area contributed by atoms with Crippen molar-refractivity contribution in [2.24, 2.45) is 18.7 Å². The molecule has 0 saturated heterocycles. The number of rotatable bonds is 5. The standard InChI is InChI=1S/C15H21FN4O.2ClH/c1-9(10(2)17)15(21)18-7-6-14-19-12-5-4-11(16)8-13(12)20(14)3;;/h4-5,8-10H,6-7,17H2,1-3H3,(H,18,21);2*1H. The van der Waals surface area contributed by atoms with E-state index in [4.69, 9.17) is 5.73 Å². The highest BCUT2D eigenvalue weighted by molar-refractivity contribution is 5.85. The fourth-order valence-corrected chi connectivity index (χ4v) is 2.13. The molecule has 0 aliphatic heterocycles. The second-order valence-electron chi connectivity index (χ2n) is 5.41. The van der Waals surface area contributed by atoms with Gasteiger partial charge in [-0.3, -0.25) is 4.79 Å². The molecule has 0 spiro atoms. The van der Waals surface area contributed by atoms with Crippen LogP contribution in [0.25, 0.3) is 11.0 Å². The Morgan fingerprint density at radius 2 is 2.04 bits per heavy atom. The van der Waals surface area contributed by atoms with Crippen LogP contribution in [0.1, 0.15) is 19.7 Å². The minimum absolute atomic E-state index is 0. The number of aryl methyl sites for hydroxylation is 1. The van der Waals surface area contributed by atoms with E-state index >= 15 is 0 Å². The maximum Gasteiger partial charge on any atom is 0.224 e. The Morgan fingerprint density at radius 3 is 2.65 bits per heavy atom. The van der Waals surface area contributed by atoms with Crippen molar-refractivity contribution < 1.29 is 9.18 Å². The summed E-state index contributed by atoms with van der Waals surface area (Å²) in [6.07, 6.45) is 0.588. The number of halogens is 3. The smallest absolute Gasteiger partial charge is 0.224 e. The monoisotopic (exact) mass is 364 g/mol. The summed E-state index contributed by atoms with van der Waals surface area (Å²) in [5, 5.41) is 2.85. The van der Waals surface area contributed by atoms with Crippen molar-refractivity contribution in [1.82, 2.24) is 14.9 Å². The SMILES string of the molecule is CC(N)C(C)C(=O)NCCc1nc2ccc(F)cc2n1C.Cl.Cl. The Morgan fingerprint density at radius 1 is 1.39 bits per heavy atom. The van der Waals surface area contributed by atoms with Gasteiger partial charge in [0.15, 0.2) is 0 Å². The normalized spacial score (nSPS) is 12.9. The predicted octanol–water partition coefficient (Wildman–Crippen LogP) is 2.20. The van der Waals surface area contributed by atoms with E-state index in [1.54, 1.807) is 13.0 Å². The second-order valence-corrected chi connectivity index (χ2v) is 5.41. The molecular formula is C15H23Cl2FN4O. The lowest BCUT2D eigenvalue weighted by atomic mass is 10.0. The van der Waals surface area contributed by atoms with Gasteiger partial charge >= 0.3 is 0 Å². The maximum absolute atomic E-state index is 13.2. The molecule has 2 aromatic rings. The quantitative estimate of drug-likeness (QED) is 0.853. The molecule has 23 heavy (non-hydrogen) atoms. The van der Waals surface area contributed by atoms with E-state index in [0.29, 0.717) is 13.0 Å². The van der Waals surface area contributed by atoms with Gasteiger partial charge in [-0.05, 0) is 25.1 Å². The van der Waals surface area contributed by atoms with Gasteiger partial charge in [-0.1, -0.05) is 6.92 Å². The van der Waals surface area contributed by atoms with E-state index in [9.17, 15) is 9.18 Å². The van der Waals surface area contributed by atoms with Crippen LogP contribution in [0.4, 0.5) is 4.39 Å². The van der Waals surface area contributed by atoms with E-state index in [-0.39, 0.29) is 48.5 Å². The Hall–Kier alpha value is -1.37. The van der Waals surface area contributed by atoms with Gasteiger partial charge in [0.2, 0.25) is 5.91 Å². The summed E-state index contributed by atoms with van der Waals surface area (Å²) >= 11 is 0. The molecule has 1 amide bonds. The first-order valence-electron chi connectivity index (χ1n) is 7.04. The minimum atomic E-state index is -0.281. The molecule has 1 aromatic heterocycles. The van der Waals surface area contributed by atoms with Crippen molar-refractivity contribution in [3.63, 3.8) is 0 Å². The molecule has 0 fully saturated rings. The first-order chi connectivity index (χ1) is 9.90. The second kappa shape index (κ2) is 9.05. The van der Waals surface area contributed by atoms with Gasteiger partial charge in [-0.15, -0.1) is 24.8 Å². The first-order valence-corrected chi connectivity index (χ1v) is 7.04. The molecule has 0 aliphatic rings. The number of nitrogens with one attached hydrogen (secondary N) is 1. The zero-order valence-corrected chi connectivity index (χ0v) is 15.0. The van der Waals surface area contributed by atoms with Crippen LogP contribution in [0.2, 0.25) is 0 Å². The van der Waals surface area contributed by atoms with E-state index < -0.39 is 0 Å². The molecule has 8 heteroatoms. The lowest BCUT2D eigenvalue weighted by Gasteiger charge is -2.15. The Bertz CT molecular complexity index is 660. The summed E-state index contributed by atoms with van der Waals surface area (Å²) in [6, 6.07) is 4.34. The van der Waals surface area contributed by atoms with Crippen LogP contribution in [0.5, 0.6) is 0 Å². The van der Waals surface area contributed by atoms with E-state index in [1.807, 2.05) is 18.5 Å². The zero-order valence-electron chi connectivity index (χ0n) is 13.4. The Kier molecular flexibility index (Phi) is 8.52. The van der Waals surface area contributed by atoms with Crippen molar-refractivity contribution in [2.75, 3.05) is 6.54 Å². The van der Waals surface area contributed by atoms with E-state index in [0.717, 1.165) is 16.9 Å². The number of hydrogen-bond acceptors (Lipinski definition) is 3. The average Bonchev–Trinajstić information content (AvgIpc) is 2.74. The number of amides is 1. The number of benzene rings is 1. The van der Waals surface area contributed by atoms with Crippen LogP contribution in [-0.4, -0.2) is 28.0 Å². The van der Waals surface area contributed by atoms with Gasteiger partial charge in [0.05, 0.1) is 11.0 Å². The zero-order chi connectivity index (χ0) is 15.6. The molecule has 5 nitrogen and oxygen atoms in total. The first kappa shape index (κ1) is 21.6. The van der Waals surface area contributed by atoms with Gasteiger partial charge in [0.1, 0.15) is 11.6 Å². The lowest BCUT2D eigenvalue weighted by Crippen LogP contribution is -2.39. The molecule has 1 heterocycles. The number of nitrogens with zero attached hydrogens (tertiary/aromatic N) is 2. The molecule has 0 aliphatic carbocycles. The molecule has 130 valence electrons. The maximum atomic E-state index is 13.2. The van der Waals surface area contributed by atoms with Gasteiger partial charge in [0.25, 0.3) is 0 Å². The average molecular weight is 365 g/mol. The van der Waals surface area contributed by atoms with E-state index in [2.05, 4.69) is 10.3 Å². The third-order valence-corrected chi connectivity index (χ3v) is 3.79. The van der Waals surface area contributed by atoms with Crippen molar-refractivity contribution in [2.45, 2.75) is 26.3 Å². The number of nitrogens with two attached hydrogens (primary N) is 1. The third-order valence-electron chi connectivity index (χ3n) is 3.79. The summed E-state index contributed by atoms with van der Waals surface area (Å²) in [6.45, 7) is 4.09. The minimum Gasteiger partial charge on any atom is -0.355 e. The fourth-order valence-electron chi connectivity index (χ4n) is 2.13. The van der Waals surface area contributed by atoms with Crippen LogP contribution < -0.4 is 11.1 Å². The Balaban J connectivity index is 0.00000242. The topological polar surface area (TPSA) is 72.9 Å². The molecule has 1 aromatic carbocycles. The van der Waals surface area contributed by atoms with Crippen molar-refractivity contribution >= 4 is 41.8 Å². The molecule has 3 N–H and O–H groups in total. The summed E-state index contributed by atoms with van der Waals surface area (Å²) < 4.78 is 15.1. The van der Waals surface area contributed by atoms with Crippen molar-refractivity contribution in [1.29, 1.82) is 0 Å². The van der Waals surface area contributed by atoms with Crippen LogP contribution in [0.3, 0.4) is 0 Å². The highest BCUT2D eigenvalue weighted by atomic mass is 35.5. The van der Waals surface area contributed by atoms with E-state index in [1.165, 1.54) is 12.1 Å². The van der Waals surface area contributed by atoms with Crippen molar-refractivity contribution in [3.8, 4) is 0 Å². The molecule has 0 saturated carbocycles. The number of carbonyl (C=O) groups excluding carboxylic acids is 1. The molecule has 2 rings (SSSR count). The van der Waals surface area contributed by atoms with Gasteiger partial charge in [0, 0.05) is 32.0 Å². The lowest BCUT2D eigenvalue weighted by molar-refractivity contribution is -0.124. The van der Waals surface area contributed by atoms with Gasteiger partial charge in [-0.25, -0.2) is 9.37 Å². The van der Waals surface area contributed by atoms with Crippen LogP contribution >= 0.6 is 24.8 Å². The highest BCUT2D eigenvalue weighted by Crippen LogP contribution is 2.16. The number of hydrogen-bond donors (Lipinski definition) is 2. The fraction of sp³-hybridized carbons (Fsp3) is 0.467. The highest BCUT2D eigenvalue weighted by Gasteiger charge is 2.16. The molecule has 2 unspecified atom stereocenters. The summed E-state index contributed by atoms with van der Waals surface area (Å²) in [4.78, 5) is 16.3. The number of imidazole rings is 1. The van der Waals surface area contributed by atoms with Crippen molar-refractivity contribution in [3.05, 3.63) is 29.8 Å². The summed E-state index contributed by atoms with van der Waals surface area (Å²) in [5.41, 5.74) is 7.20. The number of carbonyl (C=O) groups is 1. The largest absolute Gasteiger partial charge is 0.355 e. The Labute approximate surface area is 147 Å². The van der Waals surface area contributed by atoms with Crippen LogP contribution in [0, 0.1) is 11.7 Å². The van der Waals surface area contributed by atoms with Crippen LogP contribution in [0.15, 0.2) is 18.2 Å².